The van der Waals surface area contributed by atoms with Crippen molar-refractivity contribution in [2.45, 2.75) is 37.0 Å². The maximum absolute atomic E-state index is 12.0. The Morgan fingerprint density at radius 3 is 3.00 bits per heavy atom. The third-order valence-electron chi connectivity index (χ3n) is 6.60. The van der Waals surface area contributed by atoms with Crippen LogP contribution in [0.1, 0.15) is 31.2 Å². The number of hydrogen-bond acceptors (Lipinski definition) is 6. The molecule has 1 N–H and O–H groups in total. The Balaban J connectivity index is 1.27. The van der Waals surface area contributed by atoms with Crippen LogP contribution in [0.5, 0.6) is 5.75 Å². The Labute approximate surface area is 199 Å². The van der Waals surface area contributed by atoms with Crippen molar-refractivity contribution in [3.05, 3.63) is 54.6 Å². The third-order valence-corrected chi connectivity index (χ3v) is 7.66. The molecule has 2 unspecified atom stereocenters. The van der Waals surface area contributed by atoms with Gasteiger partial charge in [-0.15, -0.1) is 11.8 Å². The molecule has 176 valence electrons. The van der Waals surface area contributed by atoms with Crippen LogP contribution in [0.15, 0.2) is 58.4 Å². The highest BCUT2D eigenvalue weighted by Gasteiger charge is 2.33. The van der Waals surface area contributed by atoms with Crippen LogP contribution in [0.25, 0.3) is 10.9 Å². The van der Waals surface area contributed by atoms with Crippen molar-refractivity contribution >= 4 is 28.6 Å². The maximum atomic E-state index is 12.0. The van der Waals surface area contributed by atoms with Gasteiger partial charge >= 0.3 is 5.97 Å². The van der Waals surface area contributed by atoms with Crippen LogP contribution >= 0.6 is 11.8 Å². The molecule has 1 aromatic carbocycles. The number of carboxylic acid groups (broad SMARTS) is 1. The number of aromatic nitrogens is 1. The number of carbonyl (C=O) groups is 1. The van der Waals surface area contributed by atoms with E-state index in [1.165, 1.54) is 5.56 Å². The van der Waals surface area contributed by atoms with Gasteiger partial charge in [0, 0.05) is 23.0 Å². The van der Waals surface area contributed by atoms with Crippen molar-refractivity contribution in [3.63, 3.8) is 0 Å². The van der Waals surface area contributed by atoms with Crippen molar-refractivity contribution in [1.82, 2.24) is 9.88 Å². The summed E-state index contributed by atoms with van der Waals surface area (Å²) >= 11 is 1.79. The largest absolute Gasteiger partial charge is 0.497 e. The number of methoxy groups -OCH3 is 1. The molecule has 33 heavy (non-hydrogen) atoms. The SMILES string of the molecule is COc1ccc2nccc(CCCC3CCN(CCCSc4ccoc4)CC3C(=O)O)c2c1. The molecular formula is C26H32N2O4S. The zero-order valence-electron chi connectivity index (χ0n) is 19.1. The average molecular weight is 469 g/mol. The second kappa shape index (κ2) is 11.6. The van der Waals surface area contributed by atoms with Crippen molar-refractivity contribution in [2.75, 3.05) is 32.5 Å². The Kier molecular flexibility index (Phi) is 8.29. The van der Waals surface area contributed by atoms with Gasteiger partial charge in [0.1, 0.15) is 12.0 Å². The smallest absolute Gasteiger partial charge is 0.308 e. The molecule has 1 aliphatic heterocycles. The molecule has 0 aliphatic carbocycles. The van der Waals surface area contributed by atoms with E-state index in [2.05, 4.69) is 16.0 Å². The molecule has 1 aliphatic rings. The predicted molar refractivity (Wildman–Crippen MR) is 131 cm³/mol. The lowest BCUT2D eigenvalue weighted by Crippen LogP contribution is -2.44. The second-order valence-electron chi connectivity index (χ2n) is 8.70. The number of furan rings is 1. The molecule has 0 radical (unpaired) electrons. The number of aryl methyl sites for hydroxylation is 1. The van der Waals surface area contributed by atoms with E-state index in [4.69, 9.17) is 9.15 Å². The van der Waals surface area contributed by atoms with E-state index >= 15 is 0 Å². The number of nitrogens with zero attached hydrogens (tertiary/aromatic N) is 2. The van der Waals surface area contributed by atoms with Crippen LogP contribution in [0, 0.1) is 11.8 Å². The molecule has 2 atom stereocenters. The van der Waals surface area contributed by atoms with Gasteiger partial charge in [0.25, 0.3) is 0 Å². The van der Waals surface area contributed by atoms with Crippen LogP contribution in [0.4, 0.5) is 0 Å². The van der Waals surface area contributed by atoms with Gasteiger partial charge in [-0.2, -0.15) is 0 Å². The molecule has 7 heteroatoms. The summed E-state index contributed by atoms with van der Waals surface area (Å²) in [5, 5.41) is 11.0. The van der Waals surface area contributed by atoms with E-state index in [9.17, 15) is 9.90 Å². The minimum Gasteiger partial charge on any atom is -0.497 e. The van der Waals surface area contributed by atoms with Crippen molar-refractivity contribution in [2.24, 2.45) is 11.8 Å². The predicted octanol–water partition coefficient (Wildman–Crippen LogP) is 5.36. The zero-order chi connectivity index (χ0) is 23.0. The molecule has 0 spiro atoms. The molecule has 1 fully saturated rings. The third kappa shape index (κ3) is 6.30. The van der Waals surface area contributed by atoms with Crippen molar-refractivity contribution in [1.29, 1.82) is 0 Å². The highest BCUT2D eigenvalue weighted by molar-refractivity contribution is 7.99. The summed E-state index contributed by atoms with van der Waals surface area (Å²) in [6.45, 7) is 2.60. The van der Waals surface area contributed by atoms with Gasteiger partial charge in [-0.05, 0) is 92.8 Å². The lowest BCUT2D eigenvalue weighted by molar-refractivity contribution is -0.146. The number of ether oxygens (including phenoxy) is 1. The van der Waals surface area contributed by atoms with E-state index in [1.54, 1.807) is 31.4 Å². The summed E-state index contributed by atoms with van der Waals surface area (Å²) in [5.74, 6) is 1.15. The van der Waals surface area contributed by atoms with Gasteiger partial charge in [0.15, 0.2) is 0 Å². The fraction of sp³-hybridized carbons (Fsp3) is 0.462. The molecule has 0 saturated carbocycles. The minimum absolute atomic E-state index is 0.238. The van der Waals surface area contributed by atoms with Crippen LogP contribution in [-0.4, -0.2) is 53.5 Å². The minimum atomic E-state index is -0.656. The summed E-state index contributed by atoms with van der Waals surface area (Å²) in [5.41, 5.74) is 2.22. The van der Waals surface area contributed by atoms with E-state index in [-0.39, 0.29) is 11.8 Å². The summed E-state index contributed by atoms with van der Waals surface area (Å²) in [4.78, 5) is 19.9. The number of likely N-dealkylation sites (tertiary alicyclic amines) is 1. The summed E-state index contributed by atoms with van der Waals surface area (Å²) in [7, 11) is 1.67. The fourth-order valence-electron chi connectivity index (χ4n) is 4.79. The van der Waals surface area contributed by atoms with Gasteiger partial charge in [-0.3, -0.25) is 9.78 Å². The Morgan fingerprint density at radius 2 is 2.21 bits per heavy atom. The van der Waals surface area contributed by atoms with Crippen LogP contribution in [0.3, 0.4) is 0 Å². The van der Waals surface area contributed by atoms with Gasteiger partial charge < -0.3 is 19.2 Å². The number of rotatable bonds is 11. The first kappa shape index (κ1) is 23.6. The number of aliphatic carboxylic acids is 1. The normalized spacial score (nSPS) is 19.1. The molecule has 6 nitrogen and oxygen atoms in total. The molecular weight excluding hydrogens is 436 g/mol. The standard InChI is InChI=1S/C26H32N2O4S/c1-31-21-6-7-25-23(16-21)19(8-11-27-25)4-2-5-20-9-13-28(17-24(20)26(29)30)12-3-15-33-22-10-14-32-18-22/h6-8,10-11,14,16,18,20,24H,2-5,9,12-13,15,17H2,1H3,(H,29,30). The fourth-order valence-corrected chi connectivity index (χ4v) is 5.58. The van der Waals surface area contributed by atoms with E-state index in [0.29, 0.717) is 6.54 Å². The van der Waals surface area contributed by atoms with Crippen LogP contribution < -0.4 is 4.74 Å². The first-order chi connectivity index (χ1) is 16.1. The van der Waals surface area contributed by atoms with Gasteiger partial charge in [-0.1, -0.05) is 0 Å². The number of thioether (sulfide) groups is 1. The van der Waals surface area contributed by atoms with Gasteiger partial charge in [-0.25, -0.2) is 0 Å². The molecule has 3 aromatic rings. The Hall–Kier alpha value is -2.51. The van der Waals surface area contributed by atoms with E-state index in [1.807, 2.05) is 30.5 Å². The van der Waals surface area contributed by atoms with Crippen molar-refractivity contribution < 1.29 is 19.1 Å². The zero-order valence-corrected chi connectivity index (χ0v) is 19.9. The topological polar surface area (TPSA) is 75.8 Å². The maximum Gasteiger partial charge on any atom is 0.308 e. The Morgan fingerprint density at radius 1 is 1.30 bits per heavy atom. The lowest BCUT2D eigenvalue weighted by atomic mass is 9.81. The van der Waals surface area contributed by atoms with Crippen LogP contribution in [0.2, 0.25) is 0 Å². The van der Waals surface area contributed by atoms with E-state index in [0.717, 1.165) is 72.5 Å². The van der Waals surface area contributed by atoms with E-state index < -0.39 is 5.97 Å². The molecule has 0 bridgehead atoms. The molecule has 4 rings (SSSR count). The quantitative estimate of drug-likeness (QED) is 0.300. The number of hydrogen-bond donors (Lipinski definition) is 1. The highest BCUT2D eigenvalue weighted by atomic mass is 32.2. The summed E-state index contributed by atoms with van der Waals surface area (Å²) < 4.78 is 10.5. The van der Waals surface area contributed by atoms with Crippen molar-refractivity contribution in [3.8, 4) is 5.75 Å². The molecule has 0 amide bonds. The first-order valence-corrected chi connectivity index (χ1v) is 12.6. The number of benzene rings is 1. The number of carboxylic acids is 1. The average Bonchev–Trinajstić information content (AvgIpc) is 3.36. The van der Waals surface area contributed by atoms with Gasteiger partial charge in [0.2, 0.25) is 0 Å². The number of piperidine rings is 1. The molecule has 2 aromatic heterocycles. The number of pyridine rings is 1. The summed E-state index contributed by atoms with van der Waals surface area (Å²) in [6, 6.07) is 10.0. The first-order valence-electron chi connectivity index (χ1n) is 11.7. The monoisotopic (exact) mass is 468 g/mol. The molecule has 3 heterocycles. The highest BCUT2D eigenvalue weighted by Crippen LogP contribution is 2.30. The van der Waals surface area contributed by atoms with Gasteiger partial charge in [0.05, 0.1) is 24.8 Å². The lowest BCUT2D eigenvalue weighted by Gasteiger charge is -2.36. The molecule has 1 saturated heterocycles. The Bertz CT molecular complexity index is 1040. The second-order valence-corrected chi connectivity index (χ2v) is 9.87. The van der Waals surface area contributed by atoms with Crippen LogP contribution in [-0.2, 0) is 11.2 Å². The summed E-state index contributed by atoms with van der Waals surface area (Å²) in [6.07, 6.45) is 10.2. The number of fused-ring (bicyclic) bond motifs is 1.